The molecule has 2 aromatic rings. The molecule has 1 N–H and O–H groups in total. The van der Waals surface area contributed by atoms with Gasteiger partial charge in [0.2, 0.25) is 0 Å². The summed E-state index contributed by atoms with van der Waals surface area (Å²) in [5, 5.41) is 13.5. The van der Waals surface area contributed by atoms with E-state index in [9.17, 15) is 9.59 Å². The number of rotatable bonds is 7. The fourth-order valence-corrected chi connectivity index (χ4v) is 2.62. The van der Waals surface area contributed by atoms with E-state index in [1.54, 1.807) is 35.9 Å². The number of aliphatic carboxylic acids is 1. The van der Waals surface area contributed by atoms with Gasteiger partial charge in [0.05, 0.1) is 18.7 Å². The van der Waals surface area contributed by atoms with Gasteiger partial charge in [0.15, 0.2) is 5.69 Å². The molecule has 7 heteroatoms. The fourth-order valence-electron chi connectivity index (χ4n) is 2.62. The van der Waals surface area contributed by atoms with Crippen LogP contribution in [0, 0.1) is 5.92 Å². The lowest BCUT2D eigenvalue weighted by molar-refractivity contribution is -0.141. The van der Waals surface area contributed by atoms with Crippen LogP contribution in [-0.2, 0) is 4.79 Å². The lowest BCUT2D eigenvalue weighted by Gasteiger charge is -2.23. The van der Waals surface area contributed by atoms with Crippen LogP contribution in [0.15, 0.2) is 36.5 Å². The molecule has 1 aromatic heterocycles. The predicted octanol–water partition coefficient (Wildman–Crippen LogP) is 2.21. The number of aromatic nitrogens is 2. The number of carbonyl (C=O) groups is 2. The number of carbonyl (C=O) groups excluding carboxylic acids is 1. The average Bonchev–Trinajstić information content (AvgIpc) is 3.34. The van der Waals surface area contributed by atoms with Gasteiger partial charge >= 0.3 is 5.97 Å². The molecule has 0 saturated heterocycles. The van der Waals surface area contributed by atoms with Crippen molar-refractivity contribution in [1.29, 1.82) is 0 Å². The number of amides is 1. The SMILES string of the molecule is COc1ccc(-n2ccc(C(=O)N(CC(C)C(=O)O)C3CC3)n2)cc1. The Labute approximate surface area is 145 Å². The minimum absolute atomic E-state index is 0.125. The summed E-state index contributed by atoms with van der Waals surface area (Å²) in [4.78, 5) is 25.5. The number of nitrogens with zero attached hydrogens (tertiary/aromatic N) is 3. The maximum absolute atomic E-state index is 12.8. The Bertz CT molecular complexity index is 765. The van der Waals surface area contributed by atoms with Crippen molar-refractivity contribution in [2.45, 2.75) is 25.8 Å². The van der Waals surface area contributed by atoms with Crippen molar-refractivity contribution >= 4 is 11.9 Å². The first kappa shape index (κ1) is 17.0. The van der Waals surface area contributed by atoms with Gasteiger partial charge in [-0.1, -0.05) is 6.92 Å². The van der Waals surface area contributed by atoms with E-state index in [1.807, 2.05) is 24.3 Å². The van der Waals surface area contributed by atoms with Crippen molar-refractivity contribution in [1.82, 2.24) is 14.7 Å². The van der Waals surface area contributed by atoms with Crippen molar-refractivity contribution < 1.29 is 19.4 Å². The highest BCUT2D eigenvalue weighted by atomic mass is 16.5. The third-order valence-electron chi connectivity index (χ3n) is 4.29. The normalized spacial score (nSPS) is 14.8. The first-order chi connectivity index (χ1) is 12.0. The van der Waals surface area contributed by atoms with E-state index in [1.165, 1.54) is 0 Å². The average molecular weight is 343 g/mol. The maximum atomic E-state index is 12.8. The molecular weight excluding hydrogens is 322 g/mol. The van der Waals surface area contributed by atoms with Gasteiger partial charge in [-0.15, -0.1) is 0 Å². The lowest BCUT2D eigenvalue weighted by atomic mass is 10.1. The fraction of sp³-hybridized carbons (Fsp3) is 0.389. The van der Waals surface area contributed by atoms with Crippen LogP contribution < -0.4 is 4.74 Å². The van der Waals surface area contributed by atoms with Gasteiger partial charge in [-0.3, -0.25) is 9.59 Å². The third kappa shape index (κ3) is 3.81. The van der Waals surface area contributed by atoms with E-state index in [0.29, 0.717) is 5.69 Å². The van der Waals surface area contributed by atoms with Gasteiger partial charge in [0.25, 0.3) is 5.91 Å². The Morgan fingerprint density at radius 2 is 2.00 bits per heavy atom. The Morgan fingerprint density at radius 1 is 1.32 bits per heavy atom. The molecule has 0 bridgehead atoms. The van der Waals surface area contributed by atoms with Crippen LogP contribution in [0.4, 0.5) is 0 Å². The molecule has 7 nitrogen and oxygen atoms in total. The largest absolute Gasteiger partial charge is 0.497 e. The van der Waals surface area contributed by atoms with Crippen LogP contribution in [0.2, 0.25) is 0 Å². The molecule has 1 aromatic carbocycles. The molecule has 1 saturated carbocycles. The van der Waals surface area contributed by atoms with Crippen molar-refractivity contribution in [3.05, 3.63) is 42.2 Å². The second-order valence-electron chi connectivity index (χ2n) is 6.27. The highest BCUT2D eigenvalue weighted by molar-refractivity contribution is 5.93. The van der Waals surface area contributed by atoms with E-state index in [4.69, 9.17) is 9.84 Å². The number of hydrogen-bond donors (Lipinski definition) is 1. The minimum atomic E-state index is -0.901. The number of hydrogen-bond acceptors (Lipinski definition) is 4. The summed E-state index contributed by atoms with van der Waals surface area (Å²) < 4.78 is 6.75. The summed E-state index contributed by atoms with van der Waals surface area (Å²) in [6, 6.07) is 9.14. The molecule has 1 heterocycles. The van der Waals surface area contributed by atoms with Gasteiger partial charge in [-0.2, -0.15) is 5.10 Å². The molecule has 0 spiro atoms. The van der Waals surface area contributed by atoms with Crippen LogP contribution in [0.25, 0.3) is 5.69 Å². The molecule has 0 radical (unpaired) electrons. The van der Waals surface area contributed by atoms with Crippen molar-refractivity contribution in [2.24, 2.45) is 5.92 Å². The molecule has 1 fully saturated rings. The lowest BCUT2D eigenvalue weighted by Crippen LogP contribution is -2.38. The van der Waals surface area contributed by atoms with Gasteiger partial charge in [-0.25, -0.2) is 4.68 Å². The van der Waals surface area contributed by atoms with E-state index in [-0.39, 0.29) is 18.5 Å². The monoisotopic (exact) mass is 343 g/mol. The van der Waals surface area contributed by atoms with Gasteiger partial charge in [0.1, 0.15) is 5.75 Å². The summed E-state index contributed by atoms with van der Waals surface area (Å²) in [6.45, 7) is 1.81. The maximum Gasteiger partial charge on any atom is 0.308 e. The van der Waals surface area contributed by atoms with Gasteiger partial charge in [-0.05, 0) is 43.2 Å². The van der Waals surface area contributed by atoms with Crippen LogP contribution in [0.1, 0.15) is 30.3 Å². The molecule has 1 amide bonds. The van der Waals surface area contributed by atoms with Gasteiger partial charge in [0, 0.05) is 18.8 Å². The summed E-state index contributed by atoms with van der Waals surface area (Å²) in [5.41, 5.74) is 1.14. The molecule has 1 aliphatic carbocycles. The number of benzene rings is 1. The van der Waals surface area contributed by atoms with Crippen molar-refractivity contribution in [3.63, 3.8) is 0 Å². The topological polar surface area (TPSA) is 84.7 Å². The van der Waals surface area contributed by atoms with Crippen LogP contribution >= 0.6 is 0 Å². The molecule has 0 aliphatic heterocycles. The molecule has 1 atom stereocenters. The molecule has 1 aliphatic rings. The van der Waals surface area contributed by atoms with E-state index >= 15 is 0 Å². The number of methoxy groups -OCH3 is 1. The predicted molar refractivity (Wildman–Crippen MR) is 91.0 cm³/mol. The second kappa shape index (κ2) is 6.96. The molecule has 132 valence electrons. The first-order valence-corrected chi connectivity index (χ1v) is 8.23. The van der Waals surface area contributed by atoms with Crippen LogP contribution in [-0.4, -0.2) is 51.4 Å². The molecular formula is C18H21N3O4. The Hall–Kier alpha value is -2.83. The van der Waals surface area contributed by atoms with Crippen LogP contribution in [0.3, 0.4) is 0 Å². The molecule has 1 unspecified atom stereocenters. The zero-order valence-corrected chi connectivity index (χ0v) is 14.3. The van der Waals surface area contributed by atoms with Crippen molar-refractivity contribution in [3.8, 4) is 11.4 Å². The summed E-state index contributed by atoms with van der Waals surface area (Å²) in [7, 11) is 1.60. The number of carboxylic acids is 1. The van der Waals surface area contributed by atoms with E-state index < -0.39 is 11.9 Å². The zero-order chi connectivity index (χ0) is 18.0. The molecule has 25 heavy (non-hydrogen) atoms. The zero-order valence-electron chi connectivity index (χ0n) is 14.3. The standard InChI is InChI=1S/C18H21N3O4/c1-12(18(23)24)11-20(13-3-4-13)17(22)16-9-10-21(19-16)14-5-7-15(25-2)8-6-14/h5-10,12-13H,3-4,11H2,1-2H3,(H,23,24). The number of carboxylic acid groups (broad SMARTS) is 1. The van der Waals surface area contributed by atoms with Crippen molar-refractivity contribution in [2.75, 3.05) is 13.7 Å². The smallest absolute Gasteiger partial charge is 0.308 e. The Morgan fingerprint density at radius 3 is 2.56 bits per heavy atom. The first-order valence-electron chi connectivity index (χ1n) is 8.23. The Kier molecular flexibility index (Phi) is 4.74. The summed E-state index contributed by atoms with van der Waals surface area (Å²) in [6.07, 6.45) is 3.55. The van der Waals surface area contributed by atoms with Crippen LogP contribution in [0.5, 0.6) is 5.75 Å². The minimum Gasteiger partial charge on any atom is -0.497 e. The van der Waals surface area contributed by atoms with Gasteiger partial charge < -0.3 is 14.7 Å². The Balaban J connectivity index is 1.77. The highest BCUT2D eigenvalue weighted by Gasteiger charge is 2.35. The quantitative estimate of drug-likeness (QED) is 0.833. The van der Waals surface area contributed by atoms with E-state index in [2.05, 4.69) is 5.10 Å². The molecule has 3 rings (SSSR count). The summed E-state index contributed by atoms with van der Waals surface area (Å²) >= 11 is 0. The highest BCUT2D eigenvalue weighted by Crippen LogP contribution is 2.29. The third-order valence-corrected chi connectivity index (χ3v) is 4.29. The summed E-state index contributed by atoms with van der Waals surface area (Å²) in [5.74, 6) is -0.979. The second-order valence-corrected chi connectivity index (χ2v) is 6.27. The number of ether oxygens (including phenoxy) is 1. The van der Waals surface area contributed by atoms with E-state index in [0.717, 1.165) is 24.3 Å².